The van der Waals surface area contributed by atoms with E-state index < -0.39 is 13.5 Å². The maximum atomic E-state index is 11.9. The number of hydrogen-bond acceptors (Lipinski definition) is 3. The van der Waals surface area contributed by atoms with Crippen LogP contribution in [0.2, 0.25) is 19.6 Å². The van der Waals surface area contributed by atoms with E-state index in [1.165, 1.54) is 0 Å². The Hall–Kier alpha value is -2.06. The van der Waals surface area contributed by atoms with Gasteiger partial charge in [0.1, 0.15) is 20.4 Å². The van der Waals surface area contributed by atoms with Gasteiger partial charge >= 0.3 is 5.97 Å². The van der Waals surface area contributed by atoms with Gasteiger partial charge in [0.15, 0.2) is 0 Å². The summed E-state index contributed by atoms with van der Waals surface area (Å²) in [5.74, 6) is 3.00. The van der Waals surface area contributed by atoms with Gasteiger partial charge in [-0.15, -0.1) is 5.54 Å². The van der Waals surface area contributed by atoms with Crippen LogP contribution in [-0.4, -0.2) is 24.2 Å². The molecule has 0 aliphatic heterocycles. The molecule has 2 aromatic rings. The van der Waals surface area contributed by atoms with Crippen molar-refractivity contribution in [1.82, 2.24) is 10.2 Å². The van der Waals surface area contributed by atoms with E-state index in [0.29, 0.717) is 0 Å². The first-order valence-corrected chi connectivity index (χ1v) is 11.2. The second kappa shape index (κ2) is 6.21. The van der Waals surface area contributed by atoms with Crippen LogP contribution < -0.4 is 0 Å². The zero-order chi connectivity index (χ0) is 17.3. The van der Waals surface area contributed by atoms with Crippen molar-refractivity contribution >= 4 is 24.9 Å². The lowest BCUT2D eigenvalue weighted by Gasteiger charge is -2.16. The summed E-state index contributed by atoms with van der Waals surface area (Å²) in [7, 11) is -1.44. The molecule has 0 fully saturated rings. The first-order chi connectivity index (χ1) is 10.6. The lowest BCUT2D eigenvalue weighted by molar-refractivity contribution is -0.154. The molecule has 1 aromatic carbocycles. The van der Waals surface area contributed by atoms with E-state index in [1.54, 1.807) is 0 Å². The monoisotopic (exact) mass is 328 g/mol. The number of aromatic nitrogens is 2. The Kier molecular flexibility index (Phi) is 4.67. The summed E-state index contributed by atoms with van der Waals surface area (Å²) in [6, 6.07) is 5.84. The summed E-state index contributed by atoms with van der Waals surface area (Å²) in [5, 5.41) is 8.24. The van der Waals surface area contributed by atoms with Crippen LogP contribution in [-0.2, 0) is 16.1 Å². The first-order valence-electron chi connectivity index (χ1n) is 7.74. The van der Waals surface area contributed by atoms with Crippen molar-refractivity contribution in [1.29, 1.82) is 0 Å². The molecular weight excluding hydrogens is 304 g/mol. The van der Waals surface area contributed by atoms with Crippen molar-refractivity contribution in [3.63, 3.8) is 0 Å². The molecule has 0 unspecified atom stereocenters. The van der Waals surface area contributed by atoms with Crippen LogP contribution >= 0.6 is 0 Å². The number of hydrogen-bond donors (Lipinski definition) is 1. The second-order valence-electron chi connectivity index (χ2n) is 7.78. The third-order valence-corrected chi connectivity index (χ3v) is 4.04. The molecule has 4 nitrogen and oxygen atoms in total. The maximum Gasteiger partial charge on any atom is 0.311 e. The molecule has 5 heteroatoms. The number of fused-ring (bicyclic) bond motifs is 1. The number of ether oxygens (including phenoxy) is 1. The van der Waals surface area contributed by atoms with Gasteiger partial charge in [0.25, 0.3) is 0 Å². The van der Waals surface area contributed by atoms with Crippen molar-refractivity contribution in [3.8, 4) is 11.5 Å². The van der Waals surface area contributed by atoms with Crippen LogP contribution in [0.25, 0.3) is 10.9 Å². The molecule has 0 amide bonds. The SMILES string of the molecule is CC(C)(C)C(=O)OCc1ccc2n[nH]c(C#C[Si](C)(C)C)c2c1. The highest BCUT2D eigenvalue weighted by molar-refractivity contribution is 6.83. The van der Waals surface area contributed by atoms with Gasteiger partial charge in [-0.25, -0.2) is 0 Å². The van der Waals surface area contributed by atoms with E-state index >= 15 is 0 Å². The lowest BCUT2D eigenvalue weighted by atomic mass is 9.97. The van der Waals surface area contributed by atoms with E-state index in [-0.39, 0.29) is 12.6 Å². The summed E-state index contributed by atoms with van der Waals surface area (Å²) >= 11 is 0. The van der Waals surface area contributed by atoms with Crippen molar-refractivity contribution in [2.24, 2.45) is 5.41 Å². The molecule has 0 spiro atoms. The van der Waals surface area contributed by atoms with Crippen molar-refractivity contribution in [2.75, 3.05) is 0 Å². The van der Waals surface area contributed by atoms with E-state index in [0.717, 1.165) is 22.2 Å². The van der Waals surface area contributed by atoms with Crippen molar-refractivity contribution < 1.29 is 9.53 Å². The van der Waals surface area contributed by atoms with E-state index in [4.69, 9.17) is 4.74 Å². The highest BCUT2D eigenvalue weighted by Crippen LogP contribution is 2.20. The Labute approximate surface area is 138 Å². The molecule has 1 heterocycles. The smallest absolute Gasteiger partial charge is 0.311 e. The first kappa shape index (κ1) is 17.3. The number of esters is 1. The maximum absolute atomic E-state index is 11.9. The molecule has 0 saturated carbocycles. The molecule has 0 aliphatic rings. The Morgan fingerprint density at radius 1 is 1.30 bits per heavy atom. The summed E-state index contributed by atoms with van der Waals surface area (Å²) in [6.07, 6.45) is 0. The van der Waals surface area contributed by atoms with E-state index in [2.05, 4.69) is 41.3 Å². The predicted molar refractivity (Wildman–Crippen MR) is 95.6 cm³/mol. The molecule has 23 heavy (non-hydrogen) atoms. The second-order valence-corrected chi connectivity index (χ2v) is 12.5. The highest BCUT2D eigenvalue weighted by Gasteiger charge is 2.23. The number of nitrogens with zero attached hydrogens (tertiary/aromatic N) is 1. The van der Waals surface area contributed by atoms with Gasteiger partial charge in [0.05, 0.1) is 10.9 Å². The minimum Gasteiger partial charge on any atom is -0.460 e. The van der Waals surface area contributed by atoms with Crippen LogP contribution in [0.3, 0.4) is 0 Å². The molecule has 2 rings (SSSR count). The molecule has 122 valence electrons. The summed E-state index contributed by atoms with van der Waals surface area (Å²) in [6.45, 7) is 12.4. The fraction of sp³-hybridized carbons (Fsp3) is 0.444. The lowest BCUT2D eigenvalue weighted by Crippen LogP contribution is -2.22. The van der Waals surface area contributed by atoms with Crippen LogP contribution in [0, 0.1) is 16.9 Å². The van der Waals surface area contributed by atoms with Crippen molar-refractivity contribution in [3.05, 3.63) is 29.5 Å². The minimum absolute atomic E-state index is 0.205. The van der Waals surface area contributed by atoms with Gasteiger partial charge in [-0.1, -0.05) is 31.6 Å². The third kappa shape index (κ3) is 4.70. The molecular formula is C18H24N2O2Si. The molecule has 1 N–H and O–H groups in total. The number of carbonyl (C=O) groups excluding carboxylic acids is 1. The molecule has 0 aliphatic carbocycles. The quantitative estimate of drug-likeness (QED) is 0.517. The Balaban J connectivity index is 2.24. The fourth-order valence-corrected chi connectivity index (χ4v) is 2.36. The van der Waals surface area contributed by atoms with Gasteiger partial charge in [0, 0.05) is 5.39 Å². The zero-order valence-electron chi connectivity index (χ0n) is 14.7. The minimum atomic E-state index is -1.44. The predicted octanol–water partition coefficient (Wildman–Crippen LogP) is 3.88. The normalized spacial score (nSPS) is 11.9. The van der Waals surface area contributed by atoms with Gasteiger partial charge in [0.2, 0.25) is 0 Å². The van der Waals surface area contributed by atoms with Crippen LogP contribution in [0.5, 0.6) is 0 Å². The highest BCUT2D eigenvalue weighted by atomic mass is 28.3. The average Bonchev–Trinajstić information content (AvgIpc) is 2.83. The van der Waals surface area contributed by atoms with Gasteiger partial charge < -0.3 is 4.74 Å². The van der Waals surface area contributed by atoms with Crippen molar-refractivity contribution in [2.45, 2.75) is 47.0 Å². The number of H-pyrrole nitrogens is 1. The van der Waals surface area contributed by atoms with Crippen LogP contribution in [0.4, 0.5) is 0 Å². The van der Waals surface area contributed by atoms with Crippen LogP contribution in [0.1, 0.15) is 32.0 Å². The van der Waals surface area contributed by atoms with Gasteiger partial charge in [-0.2, -0.15) is 5.10 Å². The Morgan fingerprint density at radius 3 is 2.61 bits per heavy atom. The Morgan fingerprint density at radius 2 is 2.00 bits per heavy atom. The largest absolute Gasteiger partial charge is 0.460 e. The molecule has 0 saturated heterocycles. The Bertz CT molecular complexity index is 783. The standard InChI is InChI=1S/C18H24N2O2Si/c1-18(2,3)17(21)22-12-13-7-8-15-14(11-13)16(20-19-15)9-10-23(4,5)6/h7-8,11H,12H2,1-6H3,(H,19,20). The van der Waals surface area contributed by atoms with E-state index in [1.807, 2.05) is 39.0 Å². The zero-order valence-corrected chi connectivity index (χ0v) is 15.7. The average molecular weight is 328 g/mol. The summed E-state index contributed by atoms with van der Waals surface area (Å²) < 4.78 is 5.37. The number of benzene rings is 1. The molecule has 1 aromatic heterocycles. The number of rotatable bonds is 2. The molecule has 0 bridgehead atoms. The molecule has 0 atom stereocenters. The summed E-state index contributed by atoms with van der Waals surface area (Å²) in [4.78, 5) is 11.9. The number of nitrogens with one attached hydrogen (secondary N) is 1. The van der Waals surface area contributed by atoms with Gasteiger partial charge in [-0.05, 0) is 38.5 Å². The van der Waals surface area contributed by atoms with E-state index in [9.17, 15) is 4.79 Å². The number of aromatic amines is 1. The third-order valence-electron chi connectivity index (χ3n) is 3.16. The van der Waals surface area contributed by atoms with Gasteiger partial charge in [-0.3, -0.25) is 9.89 Å². The topological polar surface area (TPSA) is 55.0 Å². The van der Waals surface area contributed by atoms with Crippen LogP contribution in [0.15, 0.2) is 18.2 Å². The fourth-order valence-electron chi connectivity index (χ4n) is 1.86. The number of carbonyl (C=O) groups is 1. The summed E-state index contributed by atoms with van der Waals surface area (Å²) in [5.41, 5.74) is 5.48. The molecule has 0 radical (unpaired) electrons.